The summed E-state index contributed by atoms with van der Waals surface area (Å²) in [5, 5.41) is 6.61. The second-order valence-electron chi connectivity index (χ2n) is 8.22. The Morgan fingerprint density at radius 1 is 0.914 bits per heavy atom. The molecule has 2 atom stereocenters. The van der Waals surface area contributed by atoms with Crippen LogP contribution in [0.15, 0.2) is 71.6 Å². The van der Waals surface area contributed by atoms with Gasteiger partial charge in [0, 0.05) is 23.0 Å². The van der Waals surface area contributed by atoms with E-state index in [0.717, 1.165) is 5.56 Å². The van der Waals surface area contributed by atoms with Gasteiger partial charge >= 0.3 is 6.09 Å². The summed E-state index contributed by atoms with van der Waals surface area (Å²) < 4.78 is 33.1. The van der Waals surface area contributed by atoms with Crippen molar-refractivity contribution >= 4 is 38.5 Å². The van der Waals surface area contributed by atoms with Gasteiger partial charge in [0.1, 0.15) is 12.6 Å². The SMILES string of the molecule is CCNS(=O)(=O)c1cccc2c(NC(=O)[C@H](NC(=O)OCc3ccccc3)[C@@H](C)CC)cccc12. The van der Waals surface area contributed by atoms with E-state index in [1.54, 1.807) is 37.3 Å². The minimum absolute atomic E-state index is 0.0912. The van der Waals surface area contributed by atoms with Crippen LogP contribution in [0.4, 0.5) is 10.5 Å². The van der Waals surface area contributed by atoms with Crippen LogP contribution in [0.3, 0.4) is 0 Å². The summed E-state index contributed by atoms with van der Waals surface area (Å²) in [6, 6.07) is 18.4. The van der Waals surface area contributed by atoms with Crippen molar-refractivity contribution in [3.8, 4) is 0 Å². The molecule has 8 nitrogen and oxygen atoms in total. The third-order valence-electron chi connectivity index (χ3n) is 5.75. The Balaban J connectivity index is 1.81. The van der Waals surface area contributed by atoms with Gasteiger partial charge in [-0.05, 0) is 23.6 Å². The van der Waals surface area contributed by atoms with Gasteiger partial charge in [0.2, 0.25) is 15.9 Å². The molecule has 0 heterocycles. The second kappa shape index (κ2) is 11.8. The molecule has 0 saturated carbocycles. The fourth-order valence-corrected chi connectivity index (χ4v) is 4.96. The van der Waals surface area contributed by atoms with Crippen LogP contribution in [0.5, 0.6) is 0 Å². The van der Waals surface area contributed by atoms with Gasteiger partial charge in [-0.25, -0.2) is 17.9 Å². The molecule has 3 N–H and O–H groups in total. The molecule has 2 amide bonds. The monoisotopic (exact) mass is 497 g/mol. The summed E-state index contributed by atoms with van der Waals surface area (Å²) in [7, 11) is -3.70. The predicted octanol–water partition coefficient (Wildman–Crippen LogP) is 4.42. The van der Waals surface area contributed by atoms with Gasteiger partial charge in [0.25, 0.3) is 0 Å². The van der Waals surface area contributed by atoms with Crippen LogP contribution in [0.25, 0.3) is 10.8 Å². The van der Waals surface area contributed by atoms with Gasteiger partial charge in [-0.2, -0.15) is 0 Å². The van der Waals surface area contributed by atoms with E-state index in [2.05, 4.69) is 15.4 Å². The number of amides is 2. The fourth-order valence-electron chi connectivity index (χ4n) is 3.70. The molecule has 0 aliphatic heterocycles. The molecule has 0 fully saturated rings. The van der Waals surface area contributed by atoms with Gasteiger partial charge in [-0.15, -0.1) is 0 Å². The summed E-state index contributed by atoms with van der Waals surface area (Å²) in [6.07, 6.45) is -0.0382. The van der Waals surface area contributed by atoms with E-state index in [-0.39, 0.29) is 24.0 Å². The maximum Gasteiger partial charge on any atom is 0.408 e. The molecule has 9 heteroatoms. The standard InChI is InChI=1S/C26H31N3O5S/c1-4-18(3)24(29-26(31)34-17-19-11-7-6-8-12-19)25(30)28-22-15-9-14-21-20(22)13-10-16-23(21)35(32,33)27-5-2/h6-16,18,24,27H,4-5,17H2,1-3H3,(H,28,30)(H,29,31)/t18-,24+/m0/s1. The Bertz CT molecular complexity index is 1280. The van der Waals surface area contributed by atoms with Gasteiger partial charge in [-0.3, -0.25) is 4.79 Å². The minimum atomic E-state index is -3.70. The van der Waals surface area contributed by atoms with E-state index in [9.17, 15) is 18.0 Å². The number of fused-ring (bicyclic) bond motifs is 1. The van der Waals surface area contributed by atoms with E-state index < -0.39 is 28.1 Å². The van der Waals surface area contributed by atoms with Crippen LogP contribution in [-0.4, -0.2) is 33.0 Å². The normalized spacial score (nSPS) is 13.1. The Morgan fingerprint density at radius 2 is 1.60 bits per heavy atom. The van der Waals surface area contributed by atoms with Crippen LogP contribution >= 0.6 is 0 Å². The zero-order chi connectivity index (χ0) is 25.4. The first-order valence-electron chi connectivity index (χ1n) is 11.6. The van der Waals surface area contributed by atoms with Gasteiger partial charge < -0.3 is 15.4 Å². The Labute approximate surface area is 206 Å². The molecule has 0 spiro atoms. The molecular weight excluding hydrogens is 466 g/mol. The molecule has 0 aliphatic carbocycles. The molecule has 3 rings (SSSR count). The summed E-state index contributed by atoms with van der Waals surface area (Å²) in [5.74, 6) is -0.581. The summed E-state index contributed by atoms with van der Waals surface area (Å²) >= 11 is 0. The largest absolute Gasteiger partial charge is 0.445 e. The number of alkyl carbamates (subject to hydrolysis) is 1. The molecule has 3 aromatic carbocycles. The lowest BCUT2D eigenvalue weighted by Gasteiger charge is -2.23. The molecule has 0 unspecified atom stereocenters. The van der Waals surface area contributed by atoms with Crippen LogP contribution in [-0.2, 0) is 26.2 Å². The quantitative estimate of drug-likeness (QED) is 0.384. The maximum atomic E-state index is 13.2. The lowest BCUT2D eigenvalue weighted by molar-refractivity contribution is -0.119. The molecule has 0 radical (unpaired) electrons. The zero-order valence-corrected chi connectivity index (χ0v) is 20.9. The highest BCUT2D eigenvalue weighted by Gasteiger charge is 2.27. The molecule has 0 aliphatic rings. The highest BCUT2D eigenvalue weighted by Crippen LogP contribution is 2.29. The molecule has 0 saturated heterocycles. The Kier molecular flexibility index (Phi) is 8.84. The molecule has 0 bridgehead atoms. The number of carbonyl (C=O) groups excluding carboxylic acids is 2. The number of hydrogen-bond acceptors (Lipinski definition) is 5. The number of anilines is 1. The average molecular weight is 498 g/mol. The summed E-state index contributed by atoms with van der Waals surface area (Å²) in [5.41, 5.74) is 1.29. The second-order valence-corrected chi connectivity index (χ2v) is 9.95. The number of rotatable bonds is 10. The highest BCUT2D eigenvalue weighted by molar-refractivity contribution is 7.89. The van der Waals surface area contributed by atoms with Crippen molar-refractivity contribution in [3.05, 3.63) is 72.3 Å². The van der Waals surface area contributed by atoms with Gasteiger partial charge in [0.05, 0.1) is 4.90 Å². The van der Waals surface area contributed by atoms with Crippen molar-refractivity contribution in [2.45, 2.75) is 44.7 Å². The van der Waals surface area contributed by atoms with Crippen molar-refractivity contribution in [1.29, 1.82) is 0 Å². The predicted molar refractivity (Wildman–Crippen MR) is 136 cm³/mol. The van der Waals surface area contributed by atoms with Gasteiger partial charge in [0.15, 0.2) is 0 Å². The van der Waals surface area contributed by atoms with Crippen LogP contribution in [0.1, 0.15) is 32.8 Å². The van der Waals surface area contributed by atoms with Crippen LogP contribution < -0.4 is 15.4 Å². The first-order valence-corrected chi connectivity index (χ1v) is 13.0. The topological polar surface area (TPSA) is 114 Å². The Morgan fingerprint density at radius 3 is 2.29 bits per heavy atom. The minimum Gasteiger partial charge on any atom is -0.445 e. The third kappa shape index (κ3) is 6.58. The zero-order valence-electron chi connectivity index (χ0n) is 20.1. The van der Waals surface area contributed by atoms with Crippen LogP contribution in [0.2, 0.25) is 0 Å². The smallest absolute Gasteiger partial charge is 0.408 e. The average Bonchev–Trinajstić information content (AvgIpc) is 2.86. The molecule has 3 aromatic rings. The molecular formula is C26H31N3O5S. The van der Waals surface area contributed by atoms with E-state index in [1.165, 1.54) is 6.07 Å². The van der Waals surface area contributed by atoms with Crippen molar-refractivity contribution in [2.24, 2.45) is 5.92 Å². The number of sulfonamides is 1. The van der Waals surface area contributed by atoms with Crippen LogP contribution in [0, 0.1) is 5.92 Å². The van der Waals surface area contributed by atoms with E-state index in [1.807, 2.05) is 44.2 Å². The first-order chi connectivity index (χ1) is 16.8. The Hall–Kier alpha value is -3.43. The number of carbonyl (C=O) groups is 2. The molecule has 186 valence electrons. The highest BCUT2D eigenvalue weighted by atomic mass is 32.2. The summed E-state index contributed by atoms with van der Waals surface area (Å²) in [4.78, 5) is 25.8. The van der Waals surface area contributed by atoms with Crippen molar-refractivity contribution < 1.29 is 22.7 Å². The van der Waals surface area contributed by atoms with E-state index >= 15 is 0 Å². The number of nitrogens with one attached hydrogen (secondary N) is 3. The number of benzene rings is 3. The third-order valence-corrected chi connectivity index (χ3v) is 7.35. The number of ether oxygens (including phenoxy) is 1. The fraction of sp³-hybridized carbons (Fsp3) is 0.308. The maximum absolute atomic E-state index is 13.2. The lowest BCUT2D eigenvalue weighted by Crippen LogP contribution is -2.47. The molecule has 0 aromatic heterocycles. The van der Waals surface area contributed by atoms with Crippen molar-refractivity contribution in [3.63, 3.8) is 0 Å². The summed E-state index contributed by atoms with van der Waals surface area (Å²) in [6.45, 7) is 5.86. The van der Waals surface area contributed by atoms with Gasteiger partial charge in [-0.1, -0.05) is 81.8 Å². The van der Waals surface area contributed by atoms with Crippen molar-refractivity contribution in [1.82, 2.24) is 10.0 Å². The van der Waals surface area contributed by atoms with E-state index in [4.69, 9.17) is 4.74 Å². The lowest BCUT2D eigenvalue weighted by atomic mass is 9.98. The van der Waals surface area contributed by atoms with Crippen molar-refractivity contribution in [2.75, 3.05) is 11.9 Å². The van der Waals surface area contributed by atoms with E-state index in [0.29, 0.717) is 22.9 Å². The molecule has 35 heavy (non-hydrogen) atoms. The number of hydrogen-bond donors (Lipinski definition) is 3. The first kappa shape index (κ1) is 26.2.